The highest BCUT2D eigenvalue weighted by molar-refractivity contribution is 8.00. The minimum Gasteiger partial charge on any atom is -0.504 e. The number of phenols is 1. The number of hydrogen-bond acceptors (Lipinski definition) is 8. The van der Waals surface area contributed by atoms with Crippen LogP contribution in [0, 0.1) is 19.8 Å². The molecular weight excluding hydrogens is 587 g/mol. The summed E-state index contributed by atoms with van der Waals surface area (Å²) in [6, 6.07) is 19.4. The number of nitrogens with zero attached hydrogens (tertiary/aromatic N) is 2. The second-order valence-electron chi connectivity index (χ2n) is 10.6. The standard InChI is InChI=1S/C32H29N3O6S2/c1-4-41-23-15-19(9-14-22(23)36)25-26-27(30(39)35(29(26)38)21-12-7-18(3)8-13-21)42-31-28(25)43-32(40)34(31)16-24(37)33-20-10-5-17(2)6-11-20/h5-15,25-27,36H,4,16H2,1-3H3,(H,33,37)/t25-,26?,27?/m0/s1. The molecule has 220 valence electrons. The first-order valence-electron chi connectivity index (χ1n) is 13.8. The number of fused-ring (bicyclic) bond motifs is 2. The Balaban J connectivity index is 1.43. The first-order valence-corrected chi connectivity index (χ1v) is 15.5. The van der Waals surface area contributed by atoms with Gasteiger partial charge in [0.05, 0.1) is 23.2 Å². The van der Waals surface area contributed by atoms with Crippen molar-refractivity contribution in [3.63, 3.8) is 0 Å². The van der Waals surface area contributed by atoms with Crippen molar-refractivity contribution < 1.29 is 24.2 Å². The number of anilines is 2. The summed E-state index contributed by atoms with van der Waals surface area (Å²) in [4.78, 5) is 55.9. The third-order valence-electron chi connectivity index (χ3n) is 7.62. The van der Waals surface area contributed by atoms with Gasteiger partial charge >= 0.3 is 4.87 Å². The number of carbonyl (C=O) groups excluding carboxylic acids is 3. The molecule has 0 bridgehead atoms. The highest BCUT2D eigenvalue weighted by Gasteiger charge is 2.57. The predicted molar refractivity (Wildman–Crippen MR) is 166 cm³/mol. The molecule has 0 saturated carbocycles. The minimum absolute atomic E-state index is 0.0544. The number of phenolic OH excluding ortho intramolecular Hbond substituents is 1. The first kappa shape index (κ1) is 28.8. The molecule has 1 aromatic heterocycles. The normalized spacial score (nSPS) is 19.2. The summed E-state index contributed by atoms with van der Waals surface area (Å²) < 4.78 is 7.01. The largest absolute Gasteiger partial charge is 0.504 e. The number of ether oxygens (including phenoxy) is 1. The maximum atomic E-state index is 14.1. The van der Waals surface area contributed by atoms with Crippen LogP contribution in [0.5, 0.6) is 11.5 Å². The van der Waals surface area contributed by atoms with Gasteiger partial charge in [0.2, 0.25) is 17.7 Å². The van der Waals surface area contributed by atoms with Crippen LogP contribution in [0.15, 0.2) is 76.6 Å². The number of aromatic nitrogens is 1. The molecule has 1 saturated heterocycles. The number of rotatable bonds is 7. The van der Waals surface area contributed by atoms with Gasteiger partial charge in [-0.15, -0.1) is 0 Å². The zero-order valence-corrected chi connectivity index (χ0v) is 25.3. The van der Waals surface area contributed by atoms with Gasteiger partial charge in [-0.25, -0.2) is 4.90 Å². The molecule has 3 aromatic carbocycles. The number of aromatic hydroxyl groups is 1. The lowest BCUT2D eigenvalue weighted by Crippen LogP contribution is -2.33. The van der Waals surface area contributed by atoms with Crippen molar-refractivity contribution >= 4 is 52.2 Å². The molecule has 1 fully saturated rings. The van der Waals surface area contributed by atoms with Crippen molar-refractivity contribution in [1.29, 1.82) is 0 Å². The number of thiazole rings is 1. The van der Waals surface area contributed by atoms with E-state index in [9.17, 15) is 24.3 Å². The molecule has 6 rings (SSSR count). The lowest BCUT2D eigenvalue weighted by molar-refractivity contribution is -0.122. The van der Waals surface area contributed by atoms with Crippen LogP contribution in [0.4, 0.5) is 11.4 Å². The van der Waals surface area contributed by atoms with Gasteiger partial charge in [-0.2, -0.15) is 0 Å². The number of benzene rings is 3. The third kappa shape index (κ3) is 5.23. The number of hydrogen-bond donors (Lipinski definition) is 2. The van der Waals surface area contributed by atoms with Gasteiger partial charge in [-0.05, 0) is 62.7 Å². The van der Waals surface area contributed by atoms with Crippen LogP contribution in [0.25, 0.3) is 0 Å². The molecular formula is C32H29N3O6S2. The number of nitrogens with one attached hydrogen (secondary N) is 1. The van der Waals surface area contributed by atoms with Gasteiger partial charge in [-0.1, -0.05) is 64.6 Å². The Kier molecular flexibility index (Phi) is 7.61. The van der Waals surface area contributed by atoms with E-state index in [-0.39, 0.29) is 40.6 Å². The molecule has 4 aromatic rings. The SMILES string of the molecule is CCOc1cc([C@@H]2c3sc(=O)n(CC(=O)Nc4ccc(C)cc4)c3SC3C(=O)N(c4ccc(C)cc4)C(=O)C32)ccc1O. The maximum Gasteiger partial charge on any atom is 0.308 e. The highest BCUT2D eigenvalue weighted by atomic mass is 32.2. The van der Waals surface area contributed by atoms with Crippen molar-refractivity contribution in [1.82, 2.24) is 4.57 Å². The lowest BCUT2D eigenvalue weighted by atomic mass is 9.83. The molecule has 0 spiro atoms. The van der Waals surface area contributed by atoms with Gasteiger partial charge in [0.25, 0.3) is 0 Å². The summed E-state index contributed by atoms with van der Waals surface area (Å²) in [5.74, 6) is -2.42. The van der Waals surface area contributed by atoms with Crippen LogP contribution >= 0.6 is 23.1 Å². The van der Waals surface area contributed by atoms with E-state index in [2.05, 4.69) is 5.32 Å². The van der Waals surface area contributed by atoms with E-state index in [0.717, 1.165) is 34.2 Å². The Labute approximate surface area is 256 Å². The van der Waals surface area contributed by atoms with E-state index in [4.69, 9.17) is 4.74 Å². The smallest absolute Gasteiger partial charge is 0.308 e. The summed E-state index contributed by atoms with van der Waals surface area (Å²) in [7, 11) is 0. The van der Waals surface area contributed by atoms with Crippen LogP contribution in [0.1, 0.15) is 34.4 Å². The molecule has 0 aliphatic carbocycles. The number of carbonyl (C=O) groups is 3. The summed E-state index contributed by atoms with van der Waals surface area (Å²) >= 11 is 2.12. The number of aryl methyl sites for hydroxylation is 2. The Morgan fingerprint density at radius 1 is 0.953 bits per heavy atom. The summed E-state index contributed by atoms with van der Waals surface area (Å²) in [6.07, 6.45) is 0. The molecule has 0 radical (unpaired) electrons. The van der Waals surface area contributed by atoms with Crippen molar-refractivity contribution in [2.75, 3.05) is 16.8 Å². The molecule has 2 unspecified atom stereocenters. The zero-order valence-electron chi connectivity index (χ0n) is 23.7. The van der Waals surface area contributed by atoms with Crippen LogP contribution in [0.2, 0.25) is 0 Å². The van der Waals surface area contributed by atoms with E-state index < -0.39 is 17.1 Å². The molecule has 3 amide bonds. The van der Waals surface area contributed by atoms with E-state index in [1.54, 1.807) is 43.3 Å². The monoisotopic (exact) mass is 615 g/mol. The molecule has 43 heavy (non-hydrogen) atoms. The van der Waals surface area contributed by atoms with Gasteiger partial charge in [0.1, 0.15) is 11.8 Å². The minimum atomic E-state index is -0.823. The molecule has 2 aliphatic rings. The van der Waals surface area contributed by atoms with Crippen molar-refractivity contribution in [3.8, 4) is 11.5 Å². The Morgan fingerprint density at radius 3 is 2.30 bits per heavy atom. The predicted octanol–water partition coefficient (Wildman–Crippen LogP) is 5.07. The van der Waals surface area contributed by atoms with Crippen LogP contribution in [0.3, 0.4) is 0 Å². The Morgan fingerprint density at radius 2 is 1.63 bits per heavy atom. The van der Waals surface area contributed by atoms with Gasteiger partial charge < -0.3 is 15.2 Å². The number of thioether (sulfide) groups is 1. The Hall–Kier alpha value is -4.35. The molecule has 11 heteroatoms. The second kappa shape index (κ2) is 11.4. The molecule has 2 N–H and O–H groups in total. The summed E-state index contributed by atoms with van der Waals surface area (Å²) in [6.45, 7) is 5.73. The van der Waals surface area contributed by atoms with Crippen LogP contribution < -0.4 is 19.8 Å². The van der Waals surface area contributed by atoms with E-state index >= 15 is 0 Å². The van der Waals surface area contributed by atoms with Crippen molar-refractivity contribution in [2.45, 2.75) is 43.5 Å². The van der Waals surface area contributed by atoms with Crippen molar-refractivity contribution in [2.24, 2.45) is 5.92 Å². The lowest BCUT2D eigenvalue weighted by Gasteiger charge is -2.31. The average molecular weight is 616 g/mol. The quantitative estimate of drug-likeness (QED) is 0.279. The second-order valence-corrected chi connectivity index (χ2v) is 12.7. The summed E-state index contributed by atoms with van der Waals surface area (Å²) in [5, 5.41) is 12.9. The number of imide groups is 1. The third-order valence-corrected chi connectivity index (χ3v) is 10.2. The zero-order chi connectivity index (χ0) is 30.4. The fraction of sp³-hybridized carbons (Fsp3) is 0.250. The van der Waals surface area contributed by atoms with E-state index in [0.29, 0.717) is 33.4 Å². The van der Waals surface area contributed by atoms with E-state index in [1.165, 1.54) is 15.5 Å². The first-order chi connectivity index (χ1) is 20.7. The van der Waals surface area contributed by atoms with Crippen molar-refractivity contribution in [3.05, 3.63) is 98.0 Å². The van der Waals surface area contributed by atoms with Crippen LogP contribution in [-0.4, -0.2) is 39.3 Å². The van der Waals surface area contributed by atoms with Gasteiger partial charge in [0, 0.05) is 16.5 Å². The number of amides is 3. The fourth-order valence-corrected chi connectivity index (χ4v) is 8.31. The summed E-state index contributed by atoms with van der Waals surface area (Å²) in [5.41, 5.74) is 3.76. The van der Waals surface area contributed by atoms with Gasteiger partial charge in [-0.3, -0.25) is 23.7 Å². The Bertz CT molecular complexity index is 1800. The molecule has 3 atom stereocenters. The van der Waals surface area contributed by atoms with Crippen LogP contribution in [-0.2, 0) is 20.9 Å². The highest BCUT2D eigenvalue weighted by Crippen LogP contribution is 2.54. The molecule has 2 aliphatic heterocycles. The fourth-order valence-electron chi connectivity index (χ4n) is 5.54. The van der Waals surface area contributed by atoms with E-state index in [1.807, 2.05) is 38.1 Å². The molecule has 9 nitrogen and oxygen atoms in total. The topological polar surface area (TPSA) is 118 Å². The van der Waals surface area contributed by atoms with Gasteiger partial charge in [0.15, 0.2) is 11.5 Å². The molecule has 3 heterocycles. The average Bonchev–Trinajstić information content (AvgIpc) is 3.42. The maximum absolute atomic E-state index is 14.1.